The zero-order valence-electron chi connectivity index (χ0n) is 10.8. The van der Waals surface area contributed by atoms with Gasteiger partial charge in [0.2, 0.25) is 5.91 Å². The van der Waals surface area contributed by atoms with Crippen LogP contribution >= 0.6 is 0 Å². The van der Waals surface area contributed by atoms with Gasteiger partial charge in [-0.05, 0) is 19.1 Å². The number of carbonyl (C=O) groups excluding carboxylic acids is 1. The molecular formula is C13H19N3O2. The molecule has 98 valence electrons. The quantitative estimate of drug-likeness (QED) is 0.825. The first kappa shape index (κ1) is 12.7. The Kier molecular flexibility index (Phi) is 3.72. The third kappa shape index (κ3) is 2.41. The number of amides is 1. The molecule has 1 saturated heterocycles. The first-order valence-corrected chi connectivity index (χ1v) is 6.07. The van der Waals surface area contributed by atoms with Gasteiger partial charge in [-0.1, -0.05) is 6.07 Å². The van der Waals surface area contributed by atoms with E-state index in [1.54, 1.807) is 7.11 Å². The van der Waals surface area contributed by atoms with Gasteiger partial charge in [-0.15, -0.1) is 0 Å². The molecule has 1 amide bonds. The average Bonchev–Trinajstić information content (AvgIpc) is 2.37. The predicted molar refractivity (Wildman–Crippen MR) is 70.8 cm³/mol. The minimum atomic E-state index is -0.138. The van der Waals surface area contributed by atoms with Crippen LogP contribution in [0.15, 0.2) is 18.2 Å². The Bertz CT molecular complexity index is 446. The van der Waals surface area contributed by atoms with Crippen molar-refractivity contribution in [2.24, 2.45) is 5.73 Å². The number of carbonyl (C=O) groups is 1. The van der Waals surface area contributed by atoms with E-state index in [9.17, 15) is 4.79 Å². The van der Waals surface area contributed by atoms with Crippen molar-refractivity contribution in [2.45, 2.75) is 13.0 Å². The van der Waals surface area contributed by atoms with Gasteiger partial charge in [0.05, 0.1) is 13.7 Å². The van der Waals surface area contributed by atoms with Gasteiger partial charge >= 0.3 is 0 Å². The second kappa shape index (κ2) is 5.27. The van der Waals surface area contributed by atoms with Crippen molar-refractivity contribution in [1.29, 1.82) is 0 Å². The van der Waals surface area contributed by atoms with Gasteiger partial charge in [-0.2, -0.15) is 0 Å². The van der Waals surface area contributed by atoms with E-state index < -0.39 is 0 Å². The minimum Gasteiger partial charge on any atom is -0.496 e. The molecule has 5 heteroatoms. The van der Waals surface area contributed by atoms with Crippen LogP contribution in [0.4, 0.5) is 5.69 Å². The highest BCUT2D eigenvalue weighted by Gasteiger charge is 2.22. The van der Waals surface area contributed by atoms with Gasteiger partial charge in [0, 0.05) is 30.4 Å². The maximum Gasteiger partial charge on any atom is 0.239 e. The van der Waals surface area contributed by atoms with Crippen LogP contribution in [0.25, 0.3) is 0 Å². The zero-order valence-corrected chi connectivity index (χ0v) is 10.8. The molecule has 0 saturated carbocycles. The first-order chi connectivity index (χ1) is 8.63. The zero-order chi connectivity index (χ0) is 13.1. The third-order valence-corrected chi connectivity index (χ3v) is 3.10. The Morgan fingerprint density at radius 2 is 2.28 bits per heavy atom. The number of nitrogens with one attached hydrogen (secondary N) is 1. The number of benzene rings is 1. The highest BCUT2D eigenvalue weighted by molar-refractivity contribution is 5.83. The third-order valence-electron chi connectivity index (χ3n) is 3.10. The van der Waals surface area contributed by atoms with E-state index in [-0.39, 0.29) is 11.9 Å². The monoisotopic (exact) mass is 249 g/mol. The van der Waals surface area contributed by atoms with Crippen LogP contribution in [0.5, 0.6) is 5.75 Å². The number of nitrogens with zero attached hydrogens (tertiary/aromatic N) is 1. The fourth-order valence-electron chi connectivity index (χ4n) is 2.29. The Hall–Kier alpha value is -1.75. The van der Waals surface area contributed by atoms with Crippen molar-refractivity contribution in [3.8, 4) is 5.75 Å². The Morgan fingerprint density at radius 1 is 1.50 bits per heavy atom. The van der Waals surface area contributed by atoms with Crippen molar-refractivity contribution >= 4 is 11.6 Å². The van der Waals surface area contributed by atoms with Crippen molar-refractivity contribution in [3.63, 3.8) is 0 Å². The largest absolute Gasteiger partial charge is 0.496 e. The SMILES string of the molecule is COc1cccc(N2CCNC(=O)C2)c1[C@@H](C)N. The molecule has 1 aliphatic rings. The summed E-state index contributed by atoms with van der Waals surface area (Å²) in [6.45, 7) is 3.74. The molecule has 2 rings (SSSR count). The molecule has 0 radical (unpaired) electrons. The summed E-state index contributed by atoms with van der Waals surface area (Å²) < 4.78 is 5.36. The van der Waals surface area contributed by atoms with E-state index in [1.807, 2.05) is 30.0 Å². The number of nitrogens with two attached hydrogens (primary N) is 1. The molecule has 0 aromatic heterocycles. The van der Waals surface area contributed by atoms with E-state index in [0.29, 0.717) is 13.1 Å². The molecule has 3 N–H and O–H groups in total. The molecule has 0 bridgehead atoms. The van der Waals surface area contributed by atoms with Gasteiger partial charge in [-0.25, -0.2) is 0 Å². The lowest BCUT2D eigenvalue weighted by molar-refractivity contribution is -0.120. The summed E-state index contributed by atoms with van der Waals surface area (Å²) in [6, 6.07) is 5.67. The summed E-state index contributed by atoms with van der Waals surface area (Å²) in [4.78, 5) is 13.5. The maximum absolute atomic E-state index is 11.5. The van der Waals surface area contributed by atoms with E-state index >= 15 is 0 Å². The van der Waals surface area contributed by atoms with Crippen molar-refractivity contribution in [1.82, 2.24) is 5.32 Å². The summed E-state index contributed by atoms with van der Waals surface area (Å²) in [5.41, 5.74) is 7.96. The number of hydrogen-bond donors (Lipinski definition) is 2. The Balaban J connectivity index is 2.39. The molecule has 1 aliphatic heterocycles. The molecule has 1 heterocycles. The second-order valence-electron chi connectivity index (χ2n) is 4.45. The van der Waals surface area contributed by atoms with Crippen LogP contribution in [0.1, 0.15) is 18.5 Å². The van der Waals surface area contributed by atoms with E-state index in [1.165, 1.54) is 0 Å². The minimum absolute atomic E-state index is 0.0414. The van der Waals surface area contributed by atoms with Crippen LogP contribution in [-0.2, 0) is 4.79 Å². The van der Waals surface area contributed by atoms with Crippen molar-refractivity contribution in [3.05, 3.63) is 23.8 Å². The Labute approximate surface area is 107 Å². The van der Waals surface area contributed by atoms with E-state index in [0.717, 1.165) is 23.5 Å². The molecule has 0 aliphatic carbocycles. The molecule has 5 nitrogen and oxygen atoms in total. The molecule has 0 unspecified atom stereocenters. The van der Waals surface area contributed by atoms with Gasteiger partial charge in [0.25, 0.3) is 0 Å². The summed E-state index contributed by atoms with van der Waals surface area (Å²) in [7, 11) is 1.63. The van der Waals surface area contributed by atoms with Crippen LogP contribution in [0.2, 0.25) is 0 Å². The first-order valence-electron chi connectivity index (χ1n) is 6.07. The Morgan fingerprint density at radius 3 is 2.89 bits per heavy atom. The number of ether oxygens (including phenoxy) is 1. The number of piperazine rings is 1. The van der Waals surface area contributed by atoms with Gasteiger partial charge < -0.3 is 20.7 Å². The molecular weight excluding hydrogens is 230 g/mol. The number of rotatable bonds is 3. The summed E-state index contributed by atoms with van der Waals surface area (Å²) in [5.74, 6) is 0.813. The van der Waals surface area contributed by atoms with E-state index in [2.05, 4.69) is 5.32 Å². The molecule has 1 fully saturated rings. The van der Waals surface area contributed by atoms with Gasteiger partial charge in [-0.3, -0.25) is 4.79 Å². The van der Waals surface area contributed by atoms with Crippen LogP contribution in [-0.4, -0.2) is 32.7 Å². The fraction of sp³-hybridized carbons (Fsp3) is 0.462. The van der Waals surface area contributed by atoms with Crippen LogP contribution in [0, 0.1) is 0 Å². The topological polar surface area (TPSA) is 67.6 Å². The number of hydrogen-bond acceptors (Lipinski definition) is 4. The summed E-state index contributed by atoms with van der Waals surface area (Å²) in [6.07, 6.45) is 0. The summed E-state index contributed by atoms with van der Waals surface area (Å²) in [5, 5.41) is 2.82. The van der Waals surface area contributed by atoms with E-state index in [4.69, 9.17) is 10.5 Å². The standard InChI is InChI=1S/C13H19N3O2/c1-9(14)13-10(4-3-5-11(13)18-2)16-7-6-15-12(17)8-16/h3-5,9H,6-8,14H2,1-2H3,(H,15,17)/t9-/m1/s1. The number of methoxy groups -OCH3 is 1. The number of anilines is 1. The predicted octanol–water partition coefficient (Wildman–Crippen LogP) is 0.651. The molecule has 0 spiro atoms. The normalized spacial score (nSPS) is 17.3. The molecule has 18 heavy (non-hydrogen) atoms. The molecule has 1 atom stereocenters. The van der Waals surface area contributed by atoms with Gasteiger partial charge in [0.1, 0.15) is 5.75 Å². The molecule has 1 aromatic rings. The lowest BCUT2D eigenvalue weighted by Gasteiger charge is -2.31. The average molecular weight is 249 g/mol. The smallest absolute Gasteiger partial charge is 0.239 e. The fourth-order valence-corrected chi connectivity index (χ4v) is 2.29. The highest BCUT2D eigenvalue weighted by Crippen LogP contribution is 2.33. The maximum atomic E-state index is 11.5. The van der Waals surface area contributed by atoms with Gasteiger partial charge in [0.15, 0.2) is 0 Å². The lowest BCUT2D eigenvalue weighted by Crippen LogP contribution is -2.48. The highest BCUT2D eigenvalue weighted by atomic mass is 16.5. The van der Waals surface area contributed by atoms with Crippen molar-refractivity contribution in [2.75, 3.05) is 31.6 Å². The van der Waals surface area contributed by atoms with Crippen LogP contribution < -0.4 is 20.7 Å². The van der Waals surface area contributed by atoms with Crippen molar-refractivity contribution < 1.29 is 9.53 Å². The molecule has 1 aromatic carbocycles. The summed E-state index contributed by atoms with van der Waals surface area (Å²) >= 11 is 0. The van der Waals surface area contributed by atoms with Crippen LogP contribution in [0.3, 0.4) is 0 Å². The lowest BCUT2D eigenvalue weighted by atomic mass is 10.0. The second-order valence-corrected chi connectivity index (χ2v) is 4.45.